The van der Waals surface area contributed by atoms with E-state index < -0.39 is 9.84 Å². The largest absolute Gasteiger partial charge is 0.399 e. The molecule has 0 aromatic heterocycles. The highest BCUT2D eigenvalue weighted by molar-refractivity contribution is 7.91. The molecule has 0 saturated heterocycles. The lowest BCUT2D eigenvalue weighted by Gasteiger charge is -2.07. The normalized spacial score (nSPS) is 11.9. The Bertz CT molecular complexity index is 410. The van der Waals surface area contributed by atoms with E-state index in [1.807, 2.05) is 0 Å². The van der Waals surface area contributed by atoms with Gasteiger partial charge < -0.3 is 5.73 Å². The Morgan fingerprint density at radius 2 is 2.00 bits per heavy atom. The van der Waals surface area contributed by atoms with Gasteiger partial charge in [0.25, 0.3) is 0 Å². The van der Waals surface area contributed by atoms with Crippen LogP contribution in [0.4, 0.5) is 5.69 Å². The molecule has 2 N–H and O–H groups in total. The smallest absolute Gasteiger partial charge is 0.156 e. The van der Waals surface area contributed by atoms with Crippen LogP contribution in [0.2, 0.25) is 0 Å². The molecule has 3 nitrogen and oxygen atoms in total. The van der Waals surface area contributed by atoms with Crippen molar-refractivity contribution >= 4 is 15.5 Å². The highest BCUT2D eigenvalue weighted by Crippen LogP contribution is 2.13. The third kappa shape index (κ3) is 2.73. The van der Waals surface area contributed by atoms with Crippen LogP contribution in [0.5, 0.6) is 0 Å². The van der Waals surface area contributed by atoms with Gasteiger partial charge in [0.05, 0.1) is 11.0 Å². The van der Waals surface area contributed by atoms with Gasteiger partial charge in [0, 0.05) is 5.69 Å². The molecule has 0 fully saturated rings. The lowest BCUT2D eigenvalue weighted by atomic mass is 10.2. The molecule has 0 bridgehead atoms. The molecule has 0 atom stereocenters. The standard InChI is InChI=1S/C10H15NO2S/c1-8(2)14(12,13)7-9-4-3-5-10(11)6-9/h3-6,8H,7,11H2,1-2H3. The Kier molecular flexibility index (Phi) is 3.16. The van der Waals surface area contributed by atoms with Gasteiger partial charge in [-0.1, -0.05) is 12.1 Å². The number of sulfone groups is 1. The fraction of sp³-hybridized carbons (Fsp3) is 0.400. The second kappa shape index (κ2) is 4.00. The van der Waals surface area contributed by atoms with Crippen LogP contribution in [0.15, 0.2) is 24.3 Å². The first-order valence-corrected chi connectivity index (χ1v) is 6.19. The average molecular weight is 213 g/mol. The number of anilines is 1. The third-order valence-corrected chi connectivity index (χ3v) is 4.21. The summed E-state index contributed by atoms with van der Waals surface area (Å²) in [6, 6.07) is 6.97. The number of rotatable bonds is 3. The van der Waals surface area contributed by atoms with Crippen molar-refractivity contribution in [3.63, 3.8) is 0 Å². The molecule has 0 aliphatic carbocycles. The molecule has 78 valence electrons. The van der Waals surface area contributed by atoms with Gasteiger partial charge in [0.15, 0.2) is 9.84 Å². The summed E-state index contributed by atoms with van der Waals surface area (Å²) >= 11 is 0. The first kappa shape index (κ1) is 11.0. The molecule has 0 saturated carbocycles. The Hall–Kier alpha value is -1.03. The predicted molar refractivity (Wildman–Crippen MR) is 58.6 cm³/mol. The minimum absolute atomic E-state index is 0.0652. The minimum atomic E-state index is -3.02. The van der Waals surface area contributed by atoms with E-state index in [1.54, 1.807) is 38.1 Å². The molecule has 0 aliphatic heterocycles. The maximum Gasteiger partial charge on any atom is 0.156 e. The SMILES string of the molecule is CC(C)S(=O)(=O)Cc1cccc(N)c1. The number of nitrogen functional groups attached to an aromatic ring is 1. The molecule has 0 spiro atoms. The van der Waals surface area contributed by atoms with E-state index in [2.05, 4.69) is 0 Å². The van der Waals surface area contributed by atoms with E-state index in [-0.39, 0.29) is 11.0 Å². The molecule has 1 aromatic carbocycles. The summed E-state index contributed by atoms with van der Waals surface area (Å²) in [7, 11) is -3.02. The second-order valence-corrected chi connectivity index (χ2v) is 6.16. The Morgan fingerprint density at radius 1 is 1.36 bits per heavy atom. The van der Waals surface area contributed by atoms with E-state index in [9.17, 15) is 8.42 Å². The fourth-order valence-electron chi connectivity index (χ4n) is 1.08. The van der Waals surface area contributed by atoms with Crippen LogP contribution in [0, 0.1) is 0 Å². The first-order valence-electron chi connectivity index (χ1n) is 4.48. The maximum absolute atomic E-state index is 11.6. The molecule has 0 heterocycles. The molecule has 4 heteroatoms. The number of benzene rings is 1. The average Bonchev–Trinajstić information content (AvgIpc) is 2.02. The van der Waals surface area contributed by atoms with Gasteiger partial charge in [-0.15, -0.1) is 0 Å². The van der Waals surface area contributed by atoms with Crippen molar-refractivity contribution in [1.29, 1.82) is 0 Å². The quantitative estimate of drug-likeness (QED) is 0.776. The van der Waals surface area contributed by atoms with Gasteiger partial charge in [-0.05, 0) is 31.5 Å². The first-order chi connectivity index (χ1) is 6.42. The summed E-state index contributed by atoms with van der Waals surface area (Å²) in [5, 5.41) is -0.344. The zero-order chi connectivity index (χ0) is 10.8. The van der Waals surface area contributed by atoms with Gasteiger partial charge in [-0.3, -0.25) is 0 Å². The van der Waals surface area contributed by atoms with Crippen molar-refractivity contribution in [3.8, 4) is 0 Å². The minimum Gasteiger partial charge on any atom is -0.399 e. The highest BCUT2D eigenvalue weighted by Gasteiger charge is 2.16. The van der Waals surface area contributed by atoms with Gasteiger partial charge in [-0.25, -0.2) is 8.42 Å². The van der Waals surface area contributed by atoms with E-state index in [0.29, 0.717) is 5.69 Å². The van der Waals surface area contributed by atoms with Crippen molar-refractivity contribution in [1.82, 2.24) is 0 Å². The topological polar surface area (TPSA) is 60.2 Å². The van der Waals surface area contributed by atoms with Crippen LogP contribution in [-0.2, 0) is 15.6 Å². The Labute approximate surface area is 84.9 Å². The van der Waals surface area contributed by atoms with Gasteiger partial charge in [0.1, 0.15) is 0 Å². The van der Waals surface area contributed by atoms with E-state index >= 15 is 0 Å². The summed E-state index contributed by atoms with van der Waals surface area (Å²) < 4.78 is 23.1. The van der Waals surface area contributed by atoms with Gasteiger partial charge >= 0.3 is 0 Å². The Balaban J connectivity index is 2.90. The van der Waals surface area contributed by atoms with Crippen LogP contribution in [0.25, 0.3) is 0 Å². The fourth-order valence-corrected chi connectivity index (χ4v) is 2.06. The maximum atomic E-state index is 11.6. The van der Waals surface area contributed by atoms with Crippen molar-refractivity contribution in [2.75, 3.05) is 5.73 Å². The van der Waals surface area contributed by atoms with Crippen LogP contribution < -0.4 is 5.73 Å². The zero-order valence-corrected chi connectivity index (χ0v) is 9.21. The molecule has 0 radical (unpaired) electrons. The van der Waals surface area contributed by atoms with Gasteiger partial charge in [-0.2, -0.15) is 0 Å². The molecule has 0 unspecified atom stereocenters. The number of hydrogen-bond acceptors (Lipinski definition) is 3. The van der Waals surface area contributed by atoms with E-state index in [4.69, 9.17) is 5.73 Å². The third-order valence-electron chi connectivity index (χ3n) is 2.04. The molecule has 0 amide bonds. The molecule has 1 aromatic rings. The Morgan fingerprint density at radius 3 is 2.50 bits per heavy atom. The van der Waals surface area contributed by atoms with Crippen molar-refractivity contribution in [3.05, 3.63) is 29.8 Å². The number of nitrogens with two attached hydrogens (primary N) is 1. The van der Waals surface area contributed by atoms with Crippen molar-refractivity contribution < 1.29 is 8.42 Å². The van der Waals surface area contributed by atoms with Crippen LogP contribution in [-0.4, -0.2) is 13.7 Å². The molecular weight excluding hydrogens is 198 g/mol. The monoisotopic (exact) mass is 213 g/mol. The summed E-state index contributed by atoms with van der Waals surface area (Å²) in [6.07, 6.45) is 0. The van der Waals surface area contributed by atoms with Crippen LogP contribution >= 0.6 is 0 Å². The lowest BCUT2D eigenvalue weighted by molar-refractivity contribution is 0.586. The van der Waals surface area contributed by atoms with Crippen molar-refractivity contribution in [2.24, 2.45) is 0 Å². The van der Waals surface area contributed by atoms with E-state index in [0.717, 1.165) is 5.56 Å². The summed E-state index contributed by atoms with van der Waals surface area (Å²) in [5.41, 5.74) is 6.91. The highest BCUT2D eigenvalue weighted by atomic mass is 32.2. The van der Waals surface area contributed by atoms with Crippen LogP contribution in [0.1, 0.15) is 19.4 Å². The van der Waals surface area contributed by atoms with E-state index in [1.165, 1.54) is 0 Å². The lowest BCUT2D eigenvalue weighted by Crippen LogP contribution is -2.16. The zero-order valence-electron chi connectivity index (χ0n) is 8.40. The number of hydrogen-bond donors (Lipinski definition) is 1. The molecule has 14 heavy (non-hydrogen) atoms. The molecule has 0 aliphatic rings. The summed E-state index contributed by atoms with van der Waals surface area (Å²) in [4.78, 5) is 0. The van der Waals surface area contributed by atoms with Crippen LogP contribution in [0.3, 0.4) is 0 Å². The molecule has 1 rings (SSSR count). The molecular formula is C10H15NO2S. The predicted octanol–water partition coefficient (Wildman–Crippen LogP) is 1.59. The summed E-state index contributed by atoms with van der Waals surface area (Å²) in [6.45, 7) is 3.36. The van der Waals surface area contributed by atoms with Gasteiger partial charge in [0.2, 0.25) is 0 Å². The summed E-state index contributed by atoms with van der Waals surface area (Å²) in [5.74, 6) is 0.0652. The second-order valence-electron chi connectivity index (χ2n) is 3.60. The van der Waals surface area contributed by atoms with Crippen molar-refractivity contribution in [2.45, 2.75) is 24.9 Å².